The van der Waals surface area contributed by atoms with Gasteiger partial charge in [-0.25, -0.2) is 4.39 Å². The van der Waals surface area contributed by atoms with Crippen LogP contribution in [-0.4, -0.2) is 6.04 Å². The van der Waals surface area contributed by atoms with Gasteiger partial charge in [0.25, 0.3) is 0 Å². The molecule has 0 radical (unpaired) electrons. The minimum Gasteiger partial charge on any atom is -0.271 e. The molecule has 0 amide bonds. The fraction of sp³-hybridized carbons (Fsp3) is 0.294. The molecule has 104 valence electrons. The number of hydrogen-bond acceptors (Lipinski definition) is 2. The molecule has 1 unspecified atom stereocenters. The van der Waals surface area contributed by atoms with E-state index >= 15 is 0 Å². The predicted molar refractivity (Wildman–Crippen MR) is 78.6 cm³/mol. The lowest BCUT2D eigenvalue weighted by Crippen LogP contribution is -2.42. The predicted octanol–water partition coefficient (Wildman–Crippen LogP) is 2.62. The third kappa shape index (κ3) is 2.74. The van der Waals surface area contributed by atoms with Crippen molar-refractivity contribution in [2.24, 2.45) is 11.8 Å². The van der Waals surface area contributed by atoms with E-state index in [1.54, 1.807) is 12.1 Å². The molecule has 1 aliphatic rings. The van der Waals surface area contributed by atoms with Gasteiger partial charge in [0, 0.05) is 6.04 Å². The number of benzene rings is 2. The average molecular weight is 270 g/mol. The molecule has 2 aromatic carbocycles. The molecule has 0 spiro atoms. The molecule has 0 aromatic heterocycles. The summed E-state index contributed by atoms with van der Waals surface area (Å²) < 4.78 is 13.3. The Morgan fingerprint density at radius 1 is 1.10 bits per heavy atom. The van der Waals surface area contributed by atoms with Crippen molar-refractivity contribution in [3.8, 4) is 0 Å². The first-order chi connectivity index (χ1) is 9.76. The first kappa shape index (κ1) is 13.3. The standard InChI is InChI=1S/C17H19FN2/c18-16-7-3-4-12(8-16)9-17(20-19)15-10-13-5-1-2-6-14(13)11-15/h1-8,15,17,20H,9-11,19H2. The Bertz CT molecular complexity index is 572. The Morgan fingerprint density at radius 2 is 1.80 bits per heavy atom. The van der Waals surface area contributed by atoms with Gasteiger partial charge in [0.2, 0.25) is 0 Å². The SMILES string of the molecule is NNC(Cc1cccc(F)c1)C1Cc2ccccc2C1. The van der Waals surface area contributed by atoms with Crippen molar-refractivity contribution in [3.05, 3.63) is 71.0 Å². The van der Waals surface area contributed by atoms with E-state index in [2.05, 4.69) is 29.7 Å². The molecule has 0 fully saturated rings. The molecular formula is C17H19FN2. The molecular weight excluding hydrogens is 251 g/mol. The van der Waals surface area contributed by atoms with Gasteiger partial charge in [-0.2, -0.15) is 0 Å². The second kappa shape index (κ2) is 5.73. The van der Waals surface area contributed by atoms with Crippen LogP contribution in [0.4, 0.5) is 4.39 Å². The molecule has 0 aliphatic heterocycles. The second-order valence-electron chi connectivity index (χ2n) is 5.54. The summed E-state index contributed by atoms with van der Waals surface area (Å²) >= 11 is 0. The topological polar surface area (TPSA) is 38.0 Å². The minimum atomic E-state index is -0.187. The maximum atomic E-state index is 13.3. The fourth-order valence-electron chi connectivity index (χ4n) is 3.16. The summed E-state index contributed by atoms with van der Waals surface area (Å²) in [5.74, 6) is 6.02. The van der Waals surface area contributed by atoms with Crippen molar-refractivity contribution in [2.75, 3.05) is 0 Å². The van der Waals surface area contributed by atoms with Gasteiger partial charge in [0.15, 0.2) is 0 Å². The van der Waals surface area contributed by atoms with Crippen LogP contribution in [0.15, 0.2) is 48.5 Å². The van der Waals surface area contributed by atoms with Crippen LogP contribution >= 0.6 is 0 Å². The Kier molecular flexibility index (Phi) is 3.81. The summed E-state index contributed by atoms with van der Waals surface area (Å²) in [5.41, 5.74) is 6.74. The molecule has 1 atom stereocenters. The van der Waals surface area contributed by atoms with Gasteiger partial charge in [-0.1, -0.05) is 36.4 Å². The van der Waals surface area contributed by atoms with E-state index in [-0.39, 0.29) is 11.9 Å². The fourth-order valence-corrected chi connectivity index (χ4v) is 3.16. The first-order valence-electron chi connectivity index (χ1n) is 7.03. The summed E-state index contributed by atoms with van der Waals surface area (Å²) in [4.78, 5) is 0. The Labute approximate surface area is 118 Å². The zero-order valence-corrected chi connectivity index (χ0v) is 11.4. The molecule has 3 N–H and O–H groups in total. The van der Waals surface area contributed by atoms with E-state index < -0.39 is 0 Å². The summed E-state index contributed by atoms with van der Waals surface area (Å²) in [6.45, 7) is 0. The molecule has 0 heterocycles. The van der Waals surface area contributed by atoms with Crippen LogP contribution in [0.3, 0.4) is 0 Å². The lowest BCUT2D eigenvalue weighted by Gasteiger charge is -2.22. The number of nitrogens with two attached hydrogens (primary N) is 1. The normalized spacial score (nSPS) is 16.1. The molecule has 0 bridgehead atoms. The number of hydrogen-bond donors (Lipinski definition) is 2. The van der Waals surface area contributed by atoms with Gasteiger partial charge in [-0.3, -0.25) is 11.3 Å². The molecule has 1 aliphatic carbocycles. The number of rotatable bonds is 4. The van der Waals surface area contributed by atoms with Gasteiger partial charge < -0.3 is 0 Å². The molecule has 0 saturated carbocycles. The highest BCUT2D eigenvalue weighted by molar-refractivity contribution is 5.33. The molecule has 3 rings (SSSR count). The van der Waals surface area contributed by atoms with Gasteiger partial charge in [0.1, 0.15) is 5.82 Å². The first-order valence-corrected chi connectivity index (χ1v) is 7.03. The zero-order valence-electron chi connectivity index (χ0n) is 11.4. The van der Waals surface area contributed by atoms with E-state index in [0.717, 1.165) is 24.8 Å². The Hall–Kier alpha value is -1.71. The van der Waals surface area contributed by atoms with E-state index in [1.807, 2.05) is 6.07 Å². The largest absolute Gasteiger partial charge is 0.271 e. The van der Waals surface area contributed by atoms with Crippen LogP contribution in [0, 0.1) is 11.7 Å². The molecule has 0 saturated heterocycles. The number of fused-ring (bicyclic) bond motifs is 1. The van der Waals surface area contributed by atoms with E-state index in [4.69, 9.17) is 5.84 Å². The van der Waals surface area contributed by atoms with Gasteiger partial charge in [-0.15, -0.1) is 0 Å². The highest BCUT2D eigenvalue weighted by atomic mass is 19.1. The lowest BCUT2D eigenvalue weighted by molar-refractivity contribution is 0.366. The van der Waals surface area contributed by atoms with Crippen LogP contribution in [-0.2, 0) is 19.3 Å². The van der Waals surface area contributed by atoms with Crippen LogP contribution in [0.5, 0.6) is 0 Å². The second-order valence-corrected chi connectivity index (χ2v) is 5.54. The minimum absolute atomic E-state index is 0.171. The maximum Gasteiger partial charge on any atom is 0.123 e. The van der Waals surface area contributed by atoms with Crippen molar-refractivity contribution >= 4 is 0 Å². The Morgan fingerprint density at radius 3 is 2.40 bits per heavy atom. The van der Waals surface area contributed by atoms with Crippen molar-refractivity contribution in [2.45, 2.75) is 25.3 Å². The lowest BCUT2D eigenvalue weighted by atomic mass is 9.91. The van der Waals surface area contributed by atoms with Crippen molar-refractivity contribution < 1.29 is 4.39 Å². The van der Waals surface area contributed by atoms with Crippen LogP contribution < -0.4 is 11.3 Å². The van der Waals surface area contributed by atoms with Crippen LogP contribution in [0.1, 0.15) is 16.7 Å². The highest BCUT2D eigenvalue weighted by Crippen LogP contribution is 2.29. The highest BCUT2D eigenvalue weighted by Gasteiger charge is 2.27. The number of nitrogens with one attached hydrogen (secondary N) is 1. The summed E-state index contributed by atoms with van der Waals surface area (Å²) in [7, 11) is 0. The third-order valence-corrected chi connectivity index (χ3v) is 4.21. The van der Waals surface area contributed by atoms with E-state index in [9.17, 15) is 4.39 Å². The van der Waals surface area contributed by atoms with E-state index in [0.29, 0.717) is 5.92 Å². The summed E-state index contributed by atoms with van der Waals surface area (Å²) in [5, 5.41) is 0. The zero-order chi connectivity index (χ0) is 13.9. The van der Waals surface area contributed by atoms with Crippen molar-refractivity contribution in [1.29, 1.82) is 0 Å². The number of halogens is 1. The molecule has 2 aromatic rings. The number of hydrazine groups is 1. The van der Waals surface area contributed by atoms with Gasteiger partial charge in [-0.05, 0) is 54.0 Å². The molecule has 3 heteroatoms. The van der Waals surface area contributed by atoms with Crippen molar-refractivity contribution in [3.63, 3.8) is 0 Å². The van der Waals surface area contributed by atoms with Crippen LogP contribution in [0.25, 0.3) is 0 Å². The summed E-state index contributed by atoms with van der Waals surface area (Å²) in [6.07, 6.45) is 2.84. The van der Waals surface area contributed by atoms with Gasteiger partial charge >= 0.3 is 0 Å². The van der Waals surface area contributed by atoms with Crippen molar-refractivity contribution in [1.82, 2.24) is 5.43 Å². The quantitative estimate of drug-likeness (QED) is 0.662. The molecule has 2 nitrogen and oxygen atoms in total. The Balaban J connectivity index is 1.72. The maximum absolute atomic E-state index is 13.3. The van der Waals surface area contributed by atoms with Gasteiger partial charge in [0.05, 0.1) is 0 Å². The monoisotopic (exact) mass is 270 g/mol. The summed E-state index contributed by atoms with van der Waals surface area (Å²) in [6, 6.07) is 15.5. The smallest absolute Gasteiger partial charge is 0.123 e. The van der Waals surface area contributed by atoms with Crippen LogP contribution in [0.2, 0.25) is 0 Å². The third-order valence-electron chi connectivity index (χ3n) is 4.21. The average Bonchev–Trinajstić information content (AvgIpc) is 2.88. The van der Waals surface area contributed by atoms with E-state index in [1.165, 1.54) is 17.2 Å². The molecule has 20 heavy (non-hydrogen) atoms.